The van der Waals surface area contributed by atoms with Crippen LogP contribution in [0, 0.1) is 0 Å². The van der Waals surface area contributed by atoms with Crippen molar-refractivity contribution in [2.45, 2.75) is 0 Å². The van der Waals surface area contributed by atoms with Gasteiger partial charge in [0.2, 0.25) is 0 Å². The van der Waals surface area contributed by atoms with Crippen LogP contribution in [0.1, 0.15) is 0 Å². The Morgan fingerprint density at radius 1 is 0.311 bits per heavy atom. The molecule has 2 heterocycles. The second kappa shape index (κ2) is 10.4. The van der Waals surface area contributed by atoms with Crippen molar-refractivity contribution < 1.29 is 0 Å². The molecule has 3 heteroatoms. The summed E-state index contributed by atoms with van der Waals surface area (Å²) in [5, 5.41) is 0. The lowest BCUT2D eigenvalue weighted by atomic mass is 9.33. The zero-order chi connectivity index (χ0) is 29.7. The molecule has 210 valence electrons. The van der Waals surface area contributed by atoms with Gasteiger partial charge in [0.15, 0.2) is 0 Å². The van der Waals surface area contributed by atoms with Crippen molar-refractivity contribution in [2.75, 3.05) is 9.80 Å². The van der Waals surface area contributed by atoms with Gasteiger partial charge in [0.1, 0.15) is 0 Å². The van der Waals surface area contributed by atoms with E-state index < -0.39 is 0 Å². The molecular weight excluding hydrogens is 543 g/mol. The SMILES string of the molecule is c1ccc(-c2ccc(N3c4ccccc4B4c5cc(-c6ccccc6)ccc5N(c5ccccc5)c5cccc3c54)cc2)cc1. The summed E-state index contributed by atoms with van der Waals surface area (Å²) in [5.74, 6) is 0. The Bertz CT molecular complexity index is 2160. The van der Waals surface area contributed by atoms with E-state index in [1.807, 2.05) is 0 Å². The van der Waals surface area contributed by atoms with E-state index in [2.05, 4.69) is 186 Å². The van der Waals surface area contributed by atoms with Gasteiger partial charge in [-0.25, -0.2) is 0 Å². The van der Waals surface area contributed by atoms with E-state index in [1.165, 1.54) is 61.4 Å². The second-order valence-corrected chi connectivity index (χ2v) is 11.8. The predicted octanol–water partition coefficient (Wildman–Crippen LogP) is 9.10. The van der Waals surface area contributed by atoms with E-state index in [9.17, 15) is 0 Å². The lowest BCUT2D eigenvalue weighted by molar-refractivity contribution is 1.25. The highest BCUT2D eigenvalue weighted by atomic mass is 15.2. The molecule has 9 rings (SSSR count). The minimum Gasteiger partial charge on any atom is -0.311 e. The fourth-order valence-electron chi connectivity index (χ4n) is 7.27. The minimum atomic E-state index is 0.103. The van der Waals surface area contributed by atoms with Gasteiger partial charge in [-0.15, -0.1) is 0 Å². The highest BCUT2D eigenvalue weighted by Crippen LogP contribution is 2.44. The molecule has 2 nitrogen and oxygen atoms in total. The summed E-state index contributed by atoms with van der Waals surface area (Å²) in [6.07, 6.45) is 0. The molecule has 0 atom stereocenters. The quantitative estimate of drug-likeness (QED) is 0.194. The van der Waals surface area contributed by atoms with Gasteiger partial charge in [-0.1, -0.05) is 127 Å². The highest BCUT2D eigenvalue weighted by Gasteiger charge is 2.43. The first-order valence-electron chi connectivity index (χ1n) is 15.6. The Balaban J connectivity index is 1.28. The number of hydrogen-bond acceptors (Lipinski definition) is 2. The zero-order valence-corrected chi connectivity index (χ0v) is 24.7. The number of anilines is 6. The van der Waals surface area contributed by atoms with Crippen molar-refractivity contribution in [1.29, 1.82) is 0 Å². The van der Waals surface area contributed by atoms with Gasteiger partial charge in [-0.3, -0.25) is 0 Å². The number of benzene rings is 7. The number of para-hydroxylation sites is 2. The number of nitrogens with zero attached hydrogens (tertiary/aromatic N) is 2. The predicted molar refractivity (Wildman–Crippen MR) is 191 cm³/mol. The Labute approximate surface area is 264 Å². The summed E-state index contributed by atoms with van der Waals surface area (Å²) >= 11 is 0. The molecule has 0 aliphatic carbocycles. The molecular formula is C42H29BN2. The molecule has 0 radical (unpaired) electrons. The summed E-state index contributed by atoms with van der Waals surface area (Å²) in [6.45, 7) is 0.103. The standard InChI is InChI=1S/C42H29BN2/c1-4-13-30(14-5-1)32-23-26-35(27-24-32)45-38-20-11-10-19-36(38)43-37-29-33(31-15-6-2-7-16-31)25-28-39(37)44(34-17-8-3-9-18-34)40-21-12-22-41(45)42(40)43/h1-29H. The third-order valence-electron chi connectivity index (χ3n) is 9.25. The molecule has 0 fully saturated rings. The molecule has 0 saturated carbocycles. The number of rotatable bonds is 4. The van der Waals surface area contributed by atoms with Gasteiger partial charge < -0.3 is 9.80 Å². The molecule has 0 bridgehead atoms. The van der Waals surface area contributed by atoms with Gasteiger partial charge in [0.25, 0.3) is 6.71 Å². The average molecular weight is 573 g/mol. The molecule has 0 amide bonds. The third kappa shape index (κ3) is 4.12. The molecule has 7 aromatic rings. The smallest absolute Gasteiger partial charge is 0.252 e. The molecule has 2 aliphatic heterocycles. The first kappa shape index (κ1) is 25.7. The van der Waals surface area contributed by atoms with Crippen molar-refractivity contribution in [2.24, 2.45) is 0 Å². The molecule has 0 unspecified atom stereocenters. The topological polar surface area (TPSA) is 6.48 Å². The van der Waals surface area contributed by atoms with Gasteiger partial charge in [0, 0.05) is 34.1 Å². The maximum Gasteiger partial charge on any atom is 0.252 e. The molecule has 45 heavy (non-hydrogen) atoms. The minimum absolute atomic E-state index is 0.103. The van der Waals surface area contributed by atoms with Crippen molar-refractivity contribution >= 4 is 57.2 Å². The van der Waals surface area contributed by atoms with Crippen molar-refractivity contribution in [3.63, 3.8) is 0 Å². The van der Waals surface area contributed by atoms with E-state index in [1.54, 1.807) is 0 Å². The highest BCUT2D eigenvalue weighted by molar-refractivity contribution is 7.00. The zero-order valence-electron chi connectivity index (χ0n) is 24.7. The fraction of sp³-hybridized carbons (Fsp3) is 0. The van der Waals surface area contributed by atoms with Crippen LogP contribution in [-0.2, 0) is 0 Å². The largest absolute Gasteiger partial charge is 0.311 e. The van der Waals surface area contributed by atoms with Crippen LogP contribution in [0.25, 0.3) is 22.3 Å². The van der Waals surface area contributed by atoms with Crippen molar-refractivity contribution in [3.05, 3.63) is 176 Å². The van der Waals surface area contributed by atoms with E-state index in [4.69, 9.17) is 0 Å². The van der Waals surface area contributed by atoms with Gasteiger partial charge in [-0.05, 0) is 87.2 Å². The average Bonchev–Trinajstić information content (AvgIpc) is 3.12. The van der Waals surface area contributed by atoms with Gasteiger partial charge in [-0.2, -0.15) is 0 Å². The van der Waals surface area contributed by atoms with Crippen molar-refractivity contribution in [3.8, 4) is 22.3 Å². The molecule has 0 N–H and O–H groups in total. The lowest BCUT2D eigenvalue weighted by Crippen LogP contribution is -2.61. The second-order valence-electron chi connectivity index (χ2n) is 11.8. The third-order valence-corrected chi connectivity index (χ3v) is 9.25. The van der Waals surface area contributed by atoms with Crippen LogP contribution in [0.15, 0.2) is 176 Å². The monoisotopic (exact) mass is 572 g/mol. The van der Waals surface area contributed by atoms with Gasteiger partial charge >= 0.3 is 0 Å². The van der Waals surface area contributed by atoms with Crippen LogP contribution in [-0.4, -0.2) is 6.71 Å². The summed E-state index contributed by atoms with van der Waals surface area (Å²) < 4.78 is 0. The summed E-state index contributed by atoms with van der Waals surface area (Å²) in [5.41, 5.74) is 16.1. The van der Waals surface area contributed by atoms with Crippen LogP contribution in [0.4, 0.5) is 34.1 Å². The van der Waals surface area contributed by atoms with Crippen LogP contribution < -0.4 is 26.2 Å². The Morgan fingerprint density at radius 2 is 0.778 bits per heavy atom. The molecule has 0 spiro atoms. The maximum atomic E-state index is 2.45. The normalized spacial score (nSPS) is 12.8. The van der Waals surface area contributed by atoms with E-state index in [0.717, 1.165) is 11.4 Å². The van der Waals surface area contributed by atoms with Gasteiger partial charge in [0.05, 0.1) is 0 Å². The summed E-state index contributed by atoms with van der Waals surface area (Å²) in [6, 6.07) is 63.9. The number of fused-ring (bicyclic) bond motifs is 4. The Hall–Kier alpha value is -5.80. The summed E-state index contributed by atoms with van der Waals surface area (Å²) in [7, 11) is 0. The van der Waals surface area contributed by atoms with E-state index in [0.29, 0.717) is 0 Å². The molecule has 7 aromatic carbocycles. The molecule has 0 saturated heterocycles. The Morgan fingerprint density at radius 3 is 1.44 bits per heavy atom. The van der Waals surface area contributed by atoms with E-state index >= 15 is 0 Å². The lowest BCUT2D eigenvalue weighted by Gasteiger charge is -2.44. The maximum absolute atomic E-state index is 2.45. The van der Waals surface area contributed by atoms with Crippen LogP contribution in [0.5, 0.6) is 0 Å². The van der Waals surface area contributed by atoms with Crippen LogP contribution in [0.3, 0.4) is 0 Å². The molecule has 2 aliphatic rings. The van der Waals surface area contributed by atoms with Crippen LogP contribution >= 0.6 is 0 Å². The Kier molecular flexibility index (Phi) is 5.95. The van der Waals surface area contributed by atoms with Crippen molar-refractivity contribution in [1.82, 2.24) is 0 Å². The fourth-order valence-corrected chi connectivity index (χ4v) is 7.27. The first-order valence-corrected chi connectivity index (χ1v) is 15.6. The number of hydrogen-bond donors (Lipinski definition) is 0. The van der Waals surface area contributed by atoms with Crippen LogP contribution in [0.2, 0.25) is 0 Å². The molecule has 0 aromatic heterocycles. The summed E-state index contributed by atoms with van der Waals surface area (Å²) in [4.78, 5) is 4.90. The van der Waals surface area contributed by atoms with E-state index in [-0.39, 0.29) is 6.71 Å². The first-order chi connectivity index (χ1) is 22.3.